The van der Waals surface area contributed by atoms with Crippen molar-refractivity contribution in [1.29, 1.82) is 5.26 Å². The minimum Gasteiger partial charge on any atom is -0.324 e. The van der Waals surface area contributed by atoms with Crippen LogP contribution in [0.5, 0.6) is 0 Å². The van der Waals surface area contributed by atoms with Crippen molar-refractivity contribution in [1.82, 2.24) is 9.80 Å². The minimum atomic E-state index is -0.258. The van der Waals surface area contributed by atoms with Crippen molar-refractivity contribution in [3.05, 3.63) is 0 Å². The predicted molar refractivity (Wildman–Crippen MR) is 48.9 cm³/mol. The van der Waals surface area contributed by atoms with Gasteiger partial charge in [-0.3, -0.25) is 4.79 Å². The second-order valence-corrected chi connectivity index (χ2v) is 3.35. The third-order valence-electron chi connectivity index (χ3n) is 2.36. The molecule has 0 radical (unpaired) electrons. The molecular weight excluding hydrogens is 166 g/mol. The van der Waals surface area contributed by atoms with Crippen LogP contribution >= 0.6 is 0 Å². The topological polar surface area (TPSA) is 47.3 Å². The summed E-state index contributed by atoms with van der Waals surface area (Å²) in [7, 11) is 1.97. The van der Waals surface area contributed by atoms with Crippen LogP contribution in [0.3, 0.4) is 0 Å². The Bertz CT molecular complexity index is 234. The molecule has 1 aliphatic heterocycles. The summed E-state index contributed by atoms with van der Waals surface area (Å²) in [6.45, 7) is 4.04. The van der Waals surface area contributed by atoms with Crippen molar-refractivity contribution in [2.75, 3.05) is 26.7 Å². The summed E-state index contributed by atoms with van der Waals surface area (Å²) in [4.78, 5) is 15.2. The van der Waals surface area contributed by atoms with Gasteiger partial charge >= 0.3 is 0 Å². The number of amides is 1. The van der Waals surface area contributed by atoms with Crippen molar-refractivity contribution in [2.24, 2.45) is 0 Å². The fourth-order valence-corrected chi connectivity index (χ4v) is 1.53. The Kier molecular flexibility index (Phi) is 3.26. The van der Waals surface area contributed by atoms with Crippen LogP contribution in [0.4, 0.5) is 0 Å². The zero-order chi connectivity index (χ0) is 9.84. The summed E-state index contributed by atoms with van der Waals surface area (Å²) in [5, 5.41) is 8.85. The number of hydrogen-bond acceptors (Lipinski definition) is 3. The quantitative estimate of drug-likeness (QED) is 0.575. The highest BCUT2D eigenvalue weighted by Crippen LogP contribution is 2.08. The molecule has 0 aromatic rings. The van der Waals surface area contributed by atoms with Gasteiger partial charge in [-0.2, -0.15) is 5.26 Å². The van der Waals surface area contributed by atoms with Crippen LogP contribution in [-0.2, 0) is 4.79 Å². The van der Waals surface area contributed by atoms with E-state index in [1.807, 2.05) is 14.0 Å². The van der Waals surface area contributed by atoms with E-state index in [2.05, 4.69) is 11.0 Å². The lowest BCUT2D eigenvalue weighted by Crippen LogP contribution is -2.53. The lowest BCUT2D eigenvalue weighted by molar-refractivity contribution is -0.134. The molecule has 1 heterocycles. The number of carbonyl (C=O) groups excluding carboxylic acids is 1. The van der Waals surface area contributed by atoms with E-state index in [9.17, 15) is 4.79 Å². The predicted octanol–water partition coefficient (Wildman–Crippen LogP) is 0.0626. The third kappa shape index (κ3) is 2.19. The maximum atomic E-state index is 11.4. The summed E-state index contributed by atoms with van der Waals surface area (Å²) in [5.41, 5.74) is 0. The number of carbonyl (C=O) groups is 1. The number of rotatable bonds is 1. The lowest BCUT2D eigenvalue weighted by atomic mass is 10.2. The van der Waals surface area contributed by atoms with Gasteiger partial charge in [0.15, 0.2) is 0 Å². The fraction of sp³-hybridized carbons (Fsp3) is 0.778. The van der Waals surface area contributed by atoms with E-state index in [0.29, 0.717) is 19.5 Å². The second kappa shape index (κ2) is 4.24. The minimum absolute atomic E-state index is 0.0830. The number of nitrogens with zero attached hydrogens (tertiary/aromatic N) is 3. The van der Waals surface area contributed by atoms with E-state index in [0.717, 1.165) is 6.54 Å². The molecule has 4 heteroatoms. The van der Waals surface area contributed by atoms with Crippen LogP contribution in [-0.4, -0.2) is 48.4 Å². The second-order valence-electron chi connectivity index (χ2n) is 3.35. The van der Waals surface area contributed by atoms with E-state index in [-0.39, 0.29) is 11.9 Å². The van der Waals surface area contributed by atoms with Crippen molar-refractivity contribution >= 4 is 5.91 Å². The summed E-state index contributed by atoms with van der Waals surface area (Å²) in [6, 6.07) is 1.90. The molecule has 0 aliphatic carbocycles. The van der Waals surface area contributed by atoms with Gasteiger partial charge < -0.3 is 9.80 Å². The monoisotopic (exact) mass is 181 g/mol. The maximum absolute atomic E-state index is 11.4. The highest BCUT2D eigenvalue weighted by atomic mass is 16.2. The van der Waals surface area contributed by atoms with Gasteiger partial charge in [0.2, 0.25) is 5.91 Å². The molecule has 72 valence electrons. The zero-order valence-electron chi connectivity index (χ0n) is 8.16. The van der Waals surface area contributed by atoms with Gasteiger partial charge in [0, 0.05) is 26.1 Å². The molecule has 1 atom stereocenters. The molecule has 1 aliphatic rings. The van der Waals surface area contributed by atoms with E-state index >= 15 is 0 Å². The molecule has 1 fully saturated rings. The molecule has 4 nitrogen and oxygen atoms in total. The third-order valence-corrected chi connectivity index (χ3v) is 2.36. The zero-order valence-corrected chi connectivity index (χ0v) is 8.16. The summed E-state index contributed by atoms with van der Waals surface area (Å²) >= 11 is 0. The first-order valence-electron chi connectivity index (χ1n) is 4.56. The molecule has 0 saturated carbocycles. The Morgan fingerprint density at radius 3 is 2.85 bits per heavy atom. The van der Waals surface area contributed by atoms with E-state index in [4.69, 9.17) is 5.26 Å². The van der Waals surface area contributed by atoms with Gasteiger partial charge in [-0.25, -0.2) is 0 Å². The Morgan fingerprint density at radius 2 is 2.31 bits per heavy atom. The molecule has 0 aromatic carbocycles. The summed E-state index contributed by atoms with van der Waals surface area (Å²) < 4.78 is 0. The Balaban J connectivity index is 2.64. The SMILES string of the molecule is CCC(=O)N1CCN(C)C[C@@H]1C#N. The standard InChI is InChI=1S/C9H15N3O/c1-3-9(13)12-5-4-11(2)7-8(12)6-10/h8H,3-5,7H2,1-2H3/t8-/m0/s1. The van der Waals surface area contributed by atoms with Crippen molar-refractivity contribution < 1.29 is 4.79 Å². The van der Waals surface area contributed by atoms with Gasteiger partial charge in [-0.05, 0) is 7.05 Å². The molecule has 1 rings (SSSR count). The number of nitriles is 1. The van der Waals surface area contributed by atoms with Gasteiger partial charge in [0.1, 0.15) is 6.04 Å². The van der Waals surface area contributed by atoms with Crippen molar-refractivity contribution in [2.45, 2.75) is 19.4 Å². The number of piperazine rings is 1. The van der Waals surface area contributed by atoms with Crippen molar-refractivity contribution in [3.63, 3.8) is 0 Å². The Morgan fingerprint density at radius 1 is 1.62 bits per heavy atom. The smallest absolute Gasteiger partial charge is 0.223 e. The highest BCUT2D eigenvalue weighted by Gasteiger charge is 2.27. The van der Waals surface area contributed by atoms with Crippen LogP contribution in [0.15, 0.2) is 0 Å². The van der Waals surface area contributed by atoms with Gasteiger partial charge in [0.25, 0.3) is 0 Å². The molecule has 13 heavy (non-hydrogen) atoms. The van der Waals surface area contributed by atoms with Crippen LogP contribution in [0.2, 0.25) is 0 Å². The number of hydrogen-bond donors (Lipinski definition) is 0. The fourth-order valence-electron chi connectivity index (χ4n) is 1.53. The first-order chi connectivity index (χ1) is 6.19. The highest BCUT2D eigenvalue weighted by molar-refractivity contribution is 5.76. The van der Waals surface area contributed by atoms with Gasteiger partial charge in [0.05, 0.1) is 6.07 Å². The molecule has 1 amide bonds. The molecule has 0 spiro atoms. The van der Waals surface area contributed by atoms with Crippen molar-refractivity contribution in [3.8, 4) is 6.07 Å². The Hall–Kier alpha value is -1.08. The van der Waals surface area contributed by atoms with Crippen LogP contribution in [0.1, 0.15) is 13.3 Å². The average molecular weight is 181 g/mol. The normalized spacial score (nSPS) is 24.1. The largest absolute Gasteiger partial charge is 0.324 e. The van der Waals surface area contributed by atoms with Crippen LogP contribution in [0.25, 0.3) is 0 Å². The summed E-state index contributed by atoms with van der Waals surface area (Å²) in [6.07, 6.45) is 0.488. The molecular formula is C9H15N3O. The van der Waals surface area contributed by atoms with Gasteiger partial charge in [-0.1, -0.05) is 6.92 Å². The van der Waals surface area contributed by atoms with E-state index < -0.39 is 0 Å². The molecule has 0 N–H and O–H groups in total. The van der Waals surface area contributed by atoms with Crippen LogP contribution < -0.4 is 0 Å². The van der Waals surface area contributed by atoms with E-state index in [1.54, 1.807) is 4.90 Å². The maximum Gasteiger partial charge on any atom is 0.223 e. The molecule has 0 bridgehead atoms. The lowest BCUT2D eigenvalue weighted by Gasteiger charge is -2.36. The van der Waals surface area contributed by atoms with E-state index in [1.165, 1.54) is 0 Å². The van der Waals surface area contributed by atoms with Crippen LogP contribution in [0, 0.1) is 11.3 Å². The first-order valence-corrected chi connectivity index (χ1v) is 4.56. The molecule has 1 saturated heterocycles. The number of likely N-dealkylation sites (N-methyl/N-ethyl adjacent to an activating group) is 1. The summed E-state index contributed by atoms with van der Waals surface area (Å²) in [5.74, 6) is 0.0830. The Labute approximate surface area is 78.7 Å². The first kappa shape index (κ1) is 10.0. The molecule has 0 aromatic heterocycles. The average Bonchev–Trinajstić information content (AvgIpc) is 2.16. The molecule has 0 unspecified atom stereocenters. The van der Waals surface area contributed by atoms with Gasteiger partial charge in [-0.15, -0.1) is 0 Å².